The molecule has 0 atom stereocenters. The van der Waals surface area contributed by atoms with Crippen molar-refractivity contribution >= 4 is 12.1 Å². The van der Waals surface area contributed by atoms with Crippen LogP contribution in [0.25, 0.3) is 0 Å². The zero-order chi connectivity index (χ0) is 16.0. The predicted octanol–water partition coefficient (Wildman–Crippen LogP) is 3.11. The van der Waals surface area contributed by atoms with Crippen LogP contribution in [0.3, 0.4) is 0 Å². The van der Waals surface area contributed by atoms with Crippen LogP contribution in [0.4, 0.5) is 0 Å². The van der Waals surface area contributed by atoms with Crippen molar-refractivity contribution < 1.29 is 13.9 Å². The molecule has 1 N–H and O–H groups in total. The second-order valence-corrected chi connectivity index (χ2v) is 5.30. The summed E-state index contributed by atoms with van der Waals surface area (Å²) in [5.74, 6) is 1.18. The molecule has 0 aliphatic rings. The molecule has 5 heteroatoms. The average Bonchev–Trinajstić information content (AvgIpc) is 3.01. The fourth-order valence-corrected chi connectivity index (χ4v) is 1.92. The topological polar surface area (TPSA) is 63.8 Å². The van der Waals surface area contributed by atoms with Crippen molar-refractivity contribution in [3.8, 4) is 5.75 Å². The highest BCUT2D eigenvalue weighted by molar-refractivity contribution is 5.88. The summed E-state index contributed by atoms with van der Waals surface area (Å²) in [6.07, 6.45) is 3.01. The minimum Gasteiger partial charge on any atom is -0.494 e. The Bertz CT molecular complexity index is 628. The fourth-order valence-electron chi connectivity index (χ4n) is 1.92. The van der Waals surface area contributed by atoms with Crippen LogP contribution >= 0.6 is 0 Å². The fraction of sp³-hybridized carbons (Fsp3) is 0.294. The molecule has 0 saturated carbocycles. The molecule has 0 fully saturated rings. The Balaban J connectivity index is 2.03. The standard InChI is InChI=1S/C17H20N2O3/c1-4-21-14-9-7-13(8-10-14)17(2,3)16(20)19-18-12-15-6-5-11-22-15/h5-12H,4H2,1-3H3,(H,19,20)/b18-12-. The Labute approximate surface area is 130 Å². The monoisotopic (exact) mass is 300 g/mol. The number of hydrogen-bond acceptors (Lipinski definition) is 4. The van der Waals surface area contributed by atoms with Crippen LogP contribution in [-0.2, 0) is 10.2 Å². The Morgan fingerprint density at radius 2 is 2.05 bits per heavy atom. The van der Waals surface area contributed by atoms with Crippen molar-refractivity contribution in [1.29, 1.82) is 0 Å². The highest BCUT2D eigenvalue weighted by atomic mass is 16.5. The van der Waals surface area contributed by atoms with Crippen LogP contribution < -0.4 is 10.2 Å². The molecular formula is C17H20N2O3. The van der Waals surface area contributed by atoms with E-state index in [4.69, 9.17) is 9.15 Å². The lowest BCUT2D eigenvalue weighted by atomic mass is 9.84. The van der Waals surface area contributed by atoms with Crippen molar-refractivity contribution in [3.63, 3.8) is 0 Å². The molecule has 1 amide bonds. The van der Waals surface area contributed by atoms with Crippen molar-refractivity contribution in [2.24, 2.45) is 5.10 Å². The lowest BCUT2D eigenvalue weighted by Gasteiger charge is -2.22. The lowest BCUT2D eigenvalue weighted by molar-refractivity contribution is -0.125. The largest absolute Gasteiger partial charge is 0.494 e. The van der Waals surface area contributed by atoms with Gasteiger partial charge in [-0.3, -0.25) is 4.79 Å². The van der Waals surface area contributed by atoms with E-state index in [0.29, 0.717) is 12.4 Å². The third kappa shape index (κ3) is 3.75. The molecule has 5 nitrogen and oxygen atoms in total. The van der Waals surface area contributed by atoms with Gasteiger partial charge in [-0.15, -0.1) is 0 Å². The van der Waals surface area contributed by atoms with Gasteiger partial charge in [0.2, 0.25) is 5.91 Å². The molecule has 0 unspecified atom stereocenters. The molecule has 116 valence electrons. The number of ether oxygens (including phenoxy) is 1. The molecule has 1 heterocycles. The molecule has 1 aromatic heterocycles. The molecule has 0 aliphatic heterocycles. The van der Waals surface area contributed by atoms with E-state index in [2.05, 4.69) is 10.5 Å². The minimum absolute atomic E-state index is 0.195. The van der Waals surface area contributed by atoms with Gasteiger partial charge in [-0.1, -0.05) is 12.1 Å². The summed E-state index contributed by atoms with van der Waals surface area (Å²) in [5, 5.41) is 3.91. The Kier molecular flexibility index (Phi) is 4.99. The van der Waals surface area contributed by atoms with Crippen molar-refractivity contribution in [3.05, 3.63) is 54.0 Å². The maximum absolute atomic E-state index is 12.3. The van der Waals surface area contributed by atoms with Gasteiger partial charge in [-0.25, -0.2) is 5.43 Å². The van der Waals surface area contributed by atoms with Crippen molar-refractivity contribution in [1.82, 2.24) is 5.43 Å². The highest BCUT2D eigenvalue weighted by Gasteiger charge is 2.29. The van der Waals surface area contributed by atoms with Gasteiger partial charge in [-0.2, -0.15) is 5.10 Å². The molecule has 0 radical (unpaired) electrons. The predicted molar refractivity (Wildman–Crippen MR) is 85.1 cm³/mol. The highest BCUT2D eigenvalue weighted by Crippen LogP contribution is 2.25. The molecular weight excluding hydrogens is 280 g/mol. The van der Waals surface area contributed by atoms with Gasteiger partial charge in [0, 0.05) is 0 Å². The molecule has 2 rings (SSSR count). The van der Waals surface area contributed by atoms with Crippen LogP contribution in [0.1, 0.15) is 32.1 Å². The van der Waals surface area contributed by atoms with E-state index in [9.17, 15) is 4.79 Å². The van der Waals surface area contributed by atoms with Gasteiger partial charge in [-0.05, 0) is 50.6 Å². The summed E-state index contributed by atoms with van der Waals surface area (Å²) >= 11 is 0. The molecule has 0 saturated heterocycles. The quantitative estimate of drug-likeness (QED) is 0.658. The number of nitrogens with zero attached hydrogens (tertiary/aromatic N) is 1. The zero-order valence-electron chi connectivity index (χ0n) is 13.0. The first kappa shape index (κ1) is 15.8. The van der Waals surface area contributed by atoms with Gasteiger partial charge in [0.1, 0.15) is 11.5 Å². The Hall–Kier alpha value is -2.56. The molecule has 22 heavy (non-hydrogen) atoms. The van der Waals surface area contributed by atoms with E-state index in [0.717, 1.165) is 11.3 Å². The summed E-state index contributed by atoms with van der Waals surface area (Å²) in [4.78, 5) is 12.3. The van der Waals surface area contributed by atoms with Crippen LogP contribution in [0.2, 0.25) is 0 Å². The van der Waals surface area contributed by atoms with Gasteiger partial charge < -0.3 is 9.15 Å². The van der Waals surface area contributed by atoms with Gasteiger partial charge in [0.25, 0.3) is 0 Å². The van der Waals surface area contributed by atoms with Crippen LogP contribution in [0.15, 0.2) is 52.2 Å². The maximum atomic E-state index is 12.3. The second kappa shape index (κ2) is 6.93. The van der Waals surface area contributed by atoms with E-state index >= 15 is 0 Å². The Morgan fingerprint density at radius 3 is 2.64 bits per heavy atom. The van der Waals surface area contributed by atoms with E-state index in [1.807, 2.05) is 45.0 Å². The first-order valence-corrected chi connectivity index (χ1v) is 7.14. The number of amides is 1. The van der Waals surface area contributed by atoms with Gasteiger partial charge in [0.15, 0.2) is 0 Å². The van der Waals surface area contributed by atoms with Gasteiger partial charge >= 0.3 is 0 Å². The normalized spacial score (nSPS) is 11.6. The summed E-state index contributed by atoms with van der Waals surface area (Å²) in [6.45, 7) is 6.24. The molecule has 0 spiro atoms. The van der Waals surface area contributed by atoms with Crippen molar-refractivity contribution in [2.75, 3.05) is 6.61 Å². The maximum Gasteiger partial charge on any atom is 0.250 e. The van der Waals surface area contributed by atoms with Crippen molar-refractivity contribution in [2.45, 2.75) is 26.2 Å². The number of furan rings is 1. The summed E-state index contributed by atoms with van der Waals surface area (Å²) in [6, 6.07) is 11.0. The van der Waals surface area contributed by atoms with E-state index in [1.54, 1.807) is 18.4 Å². The molecule has 2 aromatic rings. The summed E-state index contributed by atoms with van der Waals surface area (Å²) in [5.41, 5.74) is 2.73. The number of benzene rings is 1. The first-order chi connectivity index (χ1) is 10.5. The molecule has 0 bridgehead atoms. The number of carbonyl (C=O) groups is 1. The smallest absolute Gasteiger partial charge is 0.250 e. The molecule has 0 aliphatic carbocycles. The van der Waals surface area contributed by atoms with Crippen LogP contribution in [0.5, 0.6) is 5.75 Å². The first-order valence-electron chi connectivity index (χ1n) is 7.14. The second-order valence-electron chi connectivity index (χ2n) is 5.30. The minimum atomic E-state index is -0.703. The summed E-state index contributed by atoms with van der Waals surface area (Å²) in [7, 11) is 0. The number of hydrazone groups is 1. The third-order valence-corrected chi connectivity index (χ3v) is 3.36. The Morgan fingerprint density at radius 1 is 1.32 bits per heavy atom. The lowest BCUT2D eigenvalue weighted by Crippen LogP contribution is -2.37. The number of rotatable bonds is 6. The van der Waals surface area contributed by atoms with Gasteiger partial charge in [0.05, 0.1) is 24.5 Å². The average molecular weight is 300 g/mol. The molecule has 1 aromatic carbocycles. The number of carbonyl (C=O) groups excluding carboxylic acids is 1. The third-order valence-electron chi connectivity index (χ3n) is 3.36. The SMILES string of the molecule is CCOc1ccc(C(C)(C)C(=O)N/N=C\c2ccco2)cc1. The van der Waals surface area contributed by atoms with Crippen LogP contribution in [0, 0.1) is 0 Å². The number of nitrogens with one attached hydrogen (secondary N) is 1. The van der Waals surface area contributed by atoms with E-state index in [1.165, 1.54) is 6.21 Å². The number of hydrogen-bond donors (Lipinski definition) is 1. The van der Waals surface area contributed by atoms with E-state index < -0.39 is 5.41 Å². The zero-order valence-corrected chi connectivity index (χ0v) is 13.0. The van der Waals surface area contributed by atoms with E-state index in [-0.39, 0.29) is 5.91 Å². The summed E-state index contributed by atoms with van der Waals surface area (Å²) < 4.78 is 10.5. The van der Waals surface area contributed by atoms with Crippen LogP contribution in [-0.4, -0.2) is 18.7 Å².